The number of piperidine rings is 1. The molecule has 134 valence electrons. The van der Waals surface area contributed by atoms with E-state index >= 15 is 0 Å². The molecular weight excluding hydrogens is 371 g/mol. The monoisotopic (exact) mass is 392 g/mol. The van der Waals surface area contributed by atoms with Gasteiger partial charge in [0.25, 0.3) is 0 Å². The van der Waals surface area contributed by atoms with E-state index in [0.29, 0.717) is 16.5 Å². The van der Waals surface area contributed by atoms with Crippen LogP contribution in [0, 0.1) is 0 Å². The number of carbonyl (C=O) groups excluding carboxylic acids is 1. The molecule has 2 aliphatic heterocycles. The number of likely N-dealkylation sites (tertiary alicyclic amines) is 1. The van der Waals surface area contributed by atoms with Crippen LogP contribution in [0.15, 0.2) is 18.2 Å². The summed E-state index contributed by atoms with van der Waals surface area (Å²) in [5.41, 5.74) is 0.908. The Balaban J connectivity index is 0.00000208. The van der Waals surface area contributed by atoms with Gasteiger partial charge in [-0.05, 0) is 43.4 Å². The van der Waals surface area contributed by atoms with Crippen molar-refractivity contribution in [2.45, 2.75) is 38.1 Å². The lowest BCUT2D eigenvalue weighted by Gasteiger charge is -2.37. The van der Waals surface area contributed by atoms with Crippen molar-refractivity contribution in [3.63, 3.8) is 0 Å². The summed E-state index contributed by atoms with van der Waals surface area (Å²) < 4.78 is 0. The molecule has 3 rings (SSSR count). The van der Waals surface area contributed by atoms with Gasteiger partial charge >= 0.3 is 0 Å². The summed E-state index contributed by atoms with van der Waals surface area (Å²) in [7, 11) is 0. The van der Waals surface area contributed by atoms with Gasteiger partial charge in [0.15, 0.2) is 0 Å². The van der Waals surface area contributed by atoms with Crippen molar-refractivity contribution in [3.8, 4) is 0 Å². The molecule has 0 N–H and O–H groups in total. The Hall–Kier alpha value is -0.520. The van der Waals surface area contributed by atoms with Crippen LogP contribution < -0.4 is 0 Å². The van der Waals surface area contributed by atoms with Gasteiger partial charge in [-0.2, -0.15) is 5.06 Å². The zero-order valence-electron chi connectivity index (χ0n) is 13.5. The van der Waals surface area contributed by atoms with Gasteiger partial charge in [-0.25, -0.2) is 0 Å². The predicted molar refractivity (Wildman–Crippen MR) is 98.9 cm³/mol. The van der Waals surface area contributed by atoms with E-state index in [-0.39, 0.29) is 24.4 Å². The maximum absolute atomic E-state index is 12.7. The number of hydrogen-bond acceptors (Lipinski definition) is 3. The Kier molecular flexibility index (Phi) is 7.63. The first-order valence-electron chi connectivity index (χ1n) is 8.25. The second-order valence-electron chi connectivity index (χ2n) is 6.24. The van der Waals surface area contributed by atoms with Crippen LogP contribution in [0.4, 0.5) is 0 Å². The number of amides is 1. The van der Waals surface area contributed by atoms with Crippen LogP contribution in [0.2, 0.25) is 10.0 Å². The normalized spacial score (nSPS) is 21.6. The SMILES string of the molecule is Cl.O=C(Cc1ccc(Cl)c(Cl)c1)N1CCCCC1CN1CCCO1. The second-order valence-corrected chi connectivity index (χ2v) is 7.05. The second kappa shape index (κ2) is 9.25. The molecule has 2 aliphatic rings. The fourth-order valence-corrected chi connectivity index (χ4v) is 3.64. The van der Waals surface area contributed by atoms with E-state index in [0.717, 1.165) is 51.1 Å². The van der Waals surface area contributed by atoms with Crippen molar-refractivity contribution in [1.82, 2.24) is 9.96 Å². The third-order valence-electron chi connectivity index (χ3n) is 4.53. The van der Waals surface area contributed by atoms with E-state index in [9.17, 15) is 4.79 Å². The summed E-state index contributed by atoms with van der Waals surface area (Å²) in [6.07, 6.45) is 4.74. The number of halogens is 3. The van der Waals surface area contributed by atoms with Crippen molar-refractivity contribution < 1.29 is 9.63 Å². The van der Waals surface area contributed by atoms with Gasteiger partial charge in [-0.1, -0.05) is 29.3 Å². The largest absolute Gasteiger partial charge is 0.338 e. The summed E-state index contributed by atoms with van der Waals surface area (Å²) in [6.45, 7) is 3.40. The maximum Gasteiger partial charge on any atom is 0.227 e. The molecule has 1 atom stereocenters. The van der Waals surface area contributed by atoms with Crippen molar-refractivity contribution >= 4 is 41.5 Å². The molecule has 0 aromatic heterocycles. The van der Waals surface area contributed by atoms with Crippen molar-refractivity contribution in [3.05, 3.63) is 33.8 Å². The molecule has 1 amide bonds. The van der Waals surface area contributed by atoms with Crippen LogP contribution in [0.25, 0.3) is 0 Å². The number of carbonyl (C=O) groups is 1. The maximum atomic E-state index is 12.7. The summed E-state index contributed by atoms with van der Waals surface area (Å²) in [6, 6.07) is 5.65. The zero-order valence-corrected chi connectivity index (χ0v) is 15.9. The van der Waals surface area contributed by atoms with E-state index in [1.807, 2.05) is 16.0 Å². The molecule has 1 aromatic carbocycles. The highest BCUT2D eigenvalue weighted by Gasteiger charge is 2.29. The average Bonchev–Trinajstić information content (AvgIpc) is 3.04. The molecule has 2 saturated heterocycles. The first-order chi connectivity index (χ1) is 11.1. The van der Waals surface area contributed by atoms with Crippen molar-refractivity contribution in [2.24, 2.45) is 0 Å². The molecule has 0 radical (unpaired) electrons. The topological polar surface area (TPSA) is 32.8 Å². The van der Waals surface area contributed by atoms with E-state index in [4.69, 9.17) is 28.0 Å². The molecule has 2 heterocycles. The van der Waals surface area contributed by atoms with E-state index in [2.05, 4.69) is 0 Å². The Morgan fingerprint density at radius 3 is 2.71 bits per heavy atom. The number of nitrogens with zero attached hydrogens (tertiary/aromatic N) is 2. The molecule has 2 fully saturated rings. The lowest BCUT2D eigenvalue weighted by atomic mass is 10.0. The quantitative estimate of drug-likeness (QED) is 0.776. The van der Waals surface area contributed by atoms with Gasteiger partial charge < -0.3 is 4.90 Å². The lowest BCUT2D eigenvalue weighted by Crippen LogP contribution is -2.49. The van der Waals surface area contributed by atoms with Crippen molar-refractivity contribution in [2.75, 3.05) is 26.2 Å². The van der Waals surface area contributed by atoms with Crippen LogP contribution >= 0.6 is 35.6 Å². The minimum Gasteiger partial charge on any atom is -0.338 e. The van der Waals surface area contributed by atoms with E-state index < -0.39 is 0 Å². The van der Waals surface area contributed by atoms with Crippen LogP contribution in [0.5, 0.6) is 0 Å². The molecule has 24 heavy (non-hydrogen) atoms. The minimum atomic E-state index is 0. The average molecular weight is 394 g/mol. The molecule has 4 nitrogen and oxygen atoms in total. The number of benzene rings is 1. The molecule has 0 spiro atoms. The smallest absolute Gasteiger partial charge is 0.227 e. The third kappa shape index (κ3) is 4.99. The van der Waals surface area contributed by atoms with E-state index in [1.165, 1.54) is 6.42 Å². The molecule has 7 heteroatoms. The standard InChI is InChI=1S/C17H22Cl2N2O2.ClH/c18-15-6-5-13(10-16(15)19)11-17(22)21-8-2-1-4-14(21)12-20-7-3-9-23-20;/h5-6,10,14H,1-4,7-9,11-12H2;1H. The molecule has 0 saturated carbocycles. The van der Waals surface area contributed by atoms with Gasteiger partial charge in [0, 0.05) is 25.7 Å². The zero-order chi connectivity index (χ0) is 16.2. The number of rotatable bonds is 4. The van der Waals surface area contributed by atoms with Gasteiger partial charge in [0.1, 0.15) is 0 Å². The molecule has 0 aliphatic carbocycles. The minimum absolute atomic E-state index is 0. The van der Waals surface area contributed by atoms with Crippen LogP contribution in [0.1, 0.15) is 31.2 Å². The lowest BCUT2D eigenvalue weighted by molar-refractivity contribution is -0.144. The van der Waals surface area contributed by atoms with Crippen molar-refractivity contribution in [1.29, 1.82) is 0 Å². The summed E-state index contributed by atoms with van der Waals surface area (Å²) in [5.74, 6) is 0.160. The van der Waals surface area contributed by atoms with Crippen LogP contribution in [-0.2, 0) is 16.1 Å². The Bertz CT molecular complexity index is 565. The fourth-order valence-electron chi connectivity index (χ4n) is 3.32. The van der Waals surface area contributed by atoms with E-state index in [1.54, 1.807) is 12.1 Å². The number of hydroxylamine groups is 2. The van der Waals surface area contributed by atoms with Gasteiger partial charge in [0.05, 0.1) is 23.1 Å². The molecular formula is C17H23Cl3N2O2. The Morgan fingerprint density at radius 1 is 1.17 bits per heavy atom. The highest BCUT2D eigenvalue weighted by Crippen LogP contribution is 2.24. The van der Waals surface area contributed by atoms with Crippen LogP contribution in [-0.4, -0.2) is 48.2 Å². The molecule has 1 unspecified atom stereocenters. The van der Waals surface area contributed by atoms with Gasteiger partial charge in [-0.15, -0.1) is 12.4 Å². The first-order valence-corrected chi connectivity index (χ1v) is 9.00. The Morgan fingerprint density at radius 2 is 2.00 bits per heavy atom. The van der Waals surface area contributed by atoms with Gasteiger partial charge in [-0.3, -0.25) is 9.63 Å². The predicted octanol–water partition coefficient (Wildman–Crippen LogP) is 3.98. The Labute approximate surface area is 159 Å². The fraction of sp³-hybridized carbons (Fsp3) is 0.588. The highest BCUT2D eigenvalue weighted by atomic mass is 35.5. The summed E-state index contributed by atoms with van der Waals surface area (Å²) in [4.78, 5) is 20.4. The highest BCUT2D eigenvalue weighted by molar-refractivity contribution is 6.42. The molecule has 1 aromatic rings. The first kappa shape index (κ1) is 19.8. The van der Waals surface area contributed by atoms with Crippen LogP contribution in [0.3, 0.4) is 0 Å². The summed E-state index contributed by atoms with van der Waals surface area (Å²) in [5, 5.41) is 3.03. The van der Waals surface area contributed by atoms with Gasteiger partial charge in [0.2, 0.25) is 5.91 Å². The molecule has 0 bridgehead atoms. The summed E-state index contributed by atoms with van der Waals surface area (Å²) >= 11 is 12.0. The number of hydrogen-bond donors (Lipinski definition) is 0. The third-order valence-corrected chi connectivity index (χ3v) is 5.27.